The Kier molecular flexibility index (Phi) is 2.76. The molecule has 1 amide bonds. The zero-order valence-electron chi connectivity index (χ0n) is 7.89. The van der Waals surface area contributed by atoms with Gasteiger partial charge in [0.25, 0.3) is 5.91 Å². The summed E-state index contributed by atoms with van der Waals surface area (Å²) in [7, 11) is 0. The van der Waals surface area contributed by atoms with Gasteiger partial charge >= 0.3 is 0 Å². The van der Waals surface area contributed by atoms with Gasteiger partial charge in [0, 0.05) is 11.6 Å². The third-order valence-electron chi connectivity index (χ3n) is 2.25. The molecule has 3 nitrogen and oxygen atoms in total. The van der Waals surface area contributed by atoms with Crippen molar-refractivity contribution in [2.24, 2.45) is 0 Å². The second kappa shape index (κ2) is 3.91. The van der Waals surface area contributed by atoms with Crippen LogP contribution in [0.3, 0.4) is 0 Å². The highest BCUT2D eigenvalue weighted by Crippen LogP contribution is 2.29. The molecule has 1 aromatic rings. The zero-order chi connectivity index (χ0) is 11.0. The number of anilines is 1. The largest absolute Gasteiger partial charge is 0.396 e. The summed E-state index contributed by atoms with van der Waals surface area (Å²) in [5.41, 5.74) is 6.33. The van der Waals surface area contributed by atoms with Gasteiger partial charge in [-0.25, -0.2) is 0 Å². The van der Waals surface area contributed by atoms with E-state index in [0.29, 0.717) is 27.3 Å². The van der Waals surface area contributed by atoms with Gasteiger partial charge in [0.15, 0.2) is 0 Å². The van der Waals surface area contributed by atoms with E-state index in [4.69, 9.17) is 28.9 Å². The average Bonchev–Trinajstić information content (AvgIpc) is 2.97. The monoisotopic (exact) mass is 244 g/mol. The van der Waals surface area contributed by atoms with Gasteiger partial charge in [-0.15, -0.1) is 0 Å². The quantitative estimate of drug-likeness (QED) is 0.786. The van der Waals surface area contributed by atoms with Crippen LogP contribution in [0.4, 0.5) is 5.69 Å². The Bertz CT molecular complexity index is 393. The van der Waals surface area contributed by atoms with Gasteiger partial charge in [0.2, 0.25) is 0 Å². The lowest BCUT2D eigenvalue weighted by molar-refractivity contribution is 0.0951. The standard InChI is InChI=1S/C10H10Cl2N2O/c11-7-3-5(4-8(12)9(7)13)10(15)14-6-1-2-6/h3-4,6H,1-2,13H2,(H,14,15). The van der Waals surface area contributed by atoms with Crippen molar-refractivity contribution in [1.82, 2.24) is 5.32 Å². The maximum Gasteiger partial charge on any atom is 0.251 e. The van der Waals surface area contributed by atoms with Crippen LogP contribution in [0, 0.1) is 0 Å². The van der Waals surface area contributed by atoms with Crippen molar-refractivity contribution in [3.8, 4) is 0 Å². The van der Waals surface area contributed by atoms with Crippen LogP contribution in [-0.4, -0.2) is 11.9 Å². The van der Waals surface area contributed by atoms with Crippen LogP contribution in [0.1, 0.15) is 23.2 Å². The maximum atomic E-state index is 11.6. The molecule has 2 rings (SSSR count). The summed E-state index contributed by atoms with van der Waals surface area (Å²) in [6.07, 6.45) is 2.09. The maximum absolute atomic E-state index is 11.6. The molecule has 0 unspecified atom stereocenters. The number of nitrogen functional groups attached to an aromatic ring is 1. The van der Waals surface area contributed by atoms with E-state index < -0.39 is 0 Å². The number of amides is 1. The van der Waals surface area contributed by atoms with Gasteiger partial charge in [0.1, 0.15) is 0 Å². The summed E-state index contributed by atoms with van der Waals surface area (Å²) in [6.45, 7) is 0. The van der Waals surface area contributed by atoms with Crippen LogP contribution >= 0.6 is 23.2 Å². The normalized spacial score (nSPS) is 15.1. The molecule has 0 atom stereocenters. The summed E-state index contributed by atoms with van der Waals surface area (Å²) in [5, 5.41) is 3.46. The van der Waals surface area contributed by atoms with Gasteiger partial charge in [0.05, 0.1) is 15.7 Å². The van der Waals surface area contributed by atoms with Crippen LogP contribution in [-0.2, 0) is 0 Å². The van der Waals surface area contributed by atoms with Crippen molar-refractivity contribution in [2.75, 3.05) is 5.73 Å². The number of hydrogen-bond donors (Lipinski definition) is 2. The summed E-state index contributed by atoms with van der Waals surface area (Å²) >= 11 is 11.7. The Morgan fingerprint density at radius 3 is 2.33 bits per heavy atom. The molecular weight excluding hydrogens is 235 g/mol. The highest BCUT2D eigenvalue weighted by atomic mass is 35.5. The number of hydrogen-bond acceptors (Lipinski definition) is 2. The van der Waals surface area contributed by atoms with E-state index in [2.05, 4.69) is 5.32 Å². The molecule has 1 aliphatic carbocycles. The van der Waals surface area contributed by atoms with E-state index >= 15 is 0 Å². The van der Waals surface area contributed by atoms with Crippen molar-refractivity contribution in [3.63, 3.8) is 0 Å². The van der Waals surface area contributed by atoms with Gasteiger partial charge < -0.3 is 11.1 Å². The molecule has 3 N–H and O–H groups in total. The molecule has 1 aromatic carbocycles. The minimum atomic E-state index is -0.152. The van der Waals surface area contributed by atoms with Gasteiger partial charge in [-0.05, 0) is 25.0 Å². The van der Waals surface area contributed by atoms with E-state index in [0.717, 1.165) is 12.8 Å². The van der Waals surface area contributed by atoms with Crippen molar-refractivity contribution in [2.45, 2.75) is 18.9 Å². The molecule has 0 aromatic heterocycles. The summed E-state index contributed by atoms with van der Waals surface area (Å²) in [5.74, 6) is -0.152. The first kappa shape index (κ1) is 10.6. The Morgan fingerprint density at radius 2 is 1.87 bits per heavy atom. The molecule has 0 spiro atoms. The van der Waals surface area contributed by atoms with E-state index in [1.54, 1.807) is 0 Å². The zero-order valence-corrected chi connectivity index (χ0v) is 9.40. The number of carbonyl (C=O) groups is 1. The molecule has 1 fully saturated rings. The topological polar surface area (TPSA) is 55.1 Å². The first-order valence-electron chi connectivity index (χ1n) is 4.63. The predicted octanol–water partition coefficient (Wildman–Crippen LogP) is 2.47. The van der Waals surface area contributed by atoms with Crippen LogP contribution in [0.25, 0.3) is 0 Å². The Balaban J connectivity index is 2.23. The molecule has 0 bridgehead atoms. The summed E-state index contributed by atoms with van der Waals surface area (Å²) in [6, 6.07) is 3.37. The molecule has 1 aliphatic rings. The Labute approximate surface area is 97.5 Å². The second-order valence-corrected chi connectivity index (χ2v) is 4.42. The molecule has 5 heteroatoms. The SMILES string of the molecule is Nc1c(Cl)cc(C(=O)NC2CC2)cc1Cl. The van der Waals surface area contributed by atoms with Crippen LogP contribution in [0.5, 0.6) is 0 Å². The lowest BCUT2D eigenvalue weighted by Gasteiger charge is -2.06. The lowest BCUT2D eigenvalue weighted by Crippen LogP contribution is -2.25. The fourth-order valence-corrected chi connectivity index (χ4v) is 1.70. The average molecular weight is 245 g/mol. The third kappa shape index (κ3) is 2.36. The number of nitrogens with two attached hydrogens (primary N) is 1. The lowest BCUT2D eigenvalue weighted by atomic mass is 10.2. The number of rotatable bonds is 2. The molecule has 0 radical (unpaired) electrons. The smallest absolute Gasteiger partial charge is 0.251 e. The predicted molar refractivity (Wildman–Crippen MR) is 61.4 cm³/mol. The molecule has 80 valence electrons. The number of benzene rings is 1. The molecule has 0 saturated heterocycles. The molecular formula is C10H10Cl2N2O. The van der Waals surface area contributed by atoms with Gasteiger partial charge in [-0.1, -0.05) is 23.2 Å². The van der Waals surface area contributed by atoms with E-state index in [1.807, 2.05) is 0 Å². The summed E-state index contributed by atoms with van der Waals surface area (Å²) < 4.78 is 0. The van der Waals surface area contributed by atoms with Crippen molar-refractivity contribution >= 4 is 34.8 Å². The van der Waals surface area contributed by atoms with Crippen molar-refractivity contribution < 1.29 is 4.79 Å². The fourth-order valence-electron chi connectivity index (χ4n) is 1.21. The van der Waals surface area contributed by atoms with Crippen molar-refractivity contribution in [1.29, 1.82) is 0 Å². The van der Waals surface area contributed by atoms with E-state index in [9.17, 15) is 4.79 Å². The first-order valence-corrected chi connectivity index (χ1v) is 5.39. The van der Waals surface area contributed by atoms with Gasteiger partial charge in [-0.3, -0.25) is 4.79 Å². The minimum absolute atomic E-state index is 0.152. The Hall–Kier alpha value is -0.930. The van der Waals surface area contributed by atoms with Gasteiger partial charge in [-0.2, -0.15) is 0 Å². The van der Waals surface area contributed by atoms with E-state index in [-0.39, 0.29) is 5.91 Å². The fraction of sp³-hybridized carbons (Fsp3) is 0.300. The van der Waals surface area contributed by atoms with Crippen LogP contribution < -0.4 is 11.1 Å². The number of halogens is 2. The van der Waals surface area contributed by atoms with E-state index in [1.165, 1.54) is 12.1 Å². The molecule has 0 heterocycles. The minimum Gasteiger partial charge on any atom is -0.396 e. The third-order valence-corrected chi connectivity index (χ3v) is 2.88. The molecule has 0 aliphatic heterocycles. The van der Waals surface area contributed by atoms with Crippen LogP contribution in [0.15, 0.2) is 12.1 Å². The summed E-state index contributed by atoms with van der Waals surface area (Å²) in [4.78, 5) is 11.6. The Morgan fingerprint density at radius 1 is 1.33 bits per heavy atom. The first-order chi connectivity index (χ1) is 7.08. The highest BCUT2D eigenvalue weighted by Gasteiger charge is 2.24. The number of carbonyl (C=O) groups excluding carboxylic acids is 1. The molecule has 1 saturated carbocycles. The number of nitrogens with one attached hydrogen (secondary N) is 1. The second-order valence-electron chi connectivity index (χ2n) is 3.60. The van der Waals surface area contributed by atoms with Crippen molar-refractivity contribution in [3.05, 3.63) is 27.7 Å². The highest BCUT2D eigenvalue weighted by molar-refractivity contribution is 6.39. The van der Waals surface area contributed by atoms with Crippen LogP contribution in [0.2, 0.25) is 10.0 Å². The molecule has 15 heavy (non-hydrogen) atoms.